The van der Waals surface area contributed by atoms with E-state index in [4.69, 9.17) is 0 Å². The number of imidazole rings is 1. The summed E-state index contributed by atoms with van der Waals surface area (Å²) in [5.74, 6) is 0. The van der Waals surface area contributed by atoms with Crippen LogP contribution in [-0.4, -0.2) is 9.13 Å². The van der Waals surface area contributed by atoms with E-state index in [-0.39, 0.29) is 5.69 Å². The van der Waals surface area contributed by atoms with Gasteiger partial charge in [0.2, 0.25) is 0 Å². The molecule has 2 aromatic carbocycles. The van der Waals surface area contributed by atoms with Crippen LogP contribution in [-0.2, 0) is 13.6 Å². The summed E-state index contributed by atoms with van der Waals surface area (Å²) >= 11 is 0. The molecule has 1 heterocycles. The second kappa shape index (κ2) is 4.43. The summed E-state index contributed by atoms with van der Waals surface area (Å²) in [5, 5.41) is 0. The van der Waals surface area contributed by atoms with Crippen molar-refractivity contribution in [2.75, 3.05) is 0 Å². The third-order valence-electron chi connectivity index (χ3n) is 3.64. The minimum atomic E-state index is 0.0319. The van der Waals surface area contributed by atoms with Crippen molar-refractivity contribution in [3.8, 4) is 0 Å². The molecule has 96 valence electrons. The van der Waals surface area contributed by atoms with Gasteiger partial charge in [-0.1, -0.05) is 36.4 Å². The molecule has 0 aliphatic rings. The Bertz CT molecular complexity index is 796. The average molecular weight is 252 g/mol. The van der Waals surface area contributed by atoms with Crippen LogP contribution < -0.4 is 5.69 Å². The number of hydrogen-bond acceptors (Lipinski definition) is 1. The van der Waals surface area contributed by atoms with Crippen molar-refractivity contribution < 1.29 is 0 Å². The fourth-order valence-electron chi connectivity index (χ4n) is 2.47. The highest BCUT2D eigenvalue weighted by Gasteiger charge is 2.10. The van der Waals surface area contributed by atoms with E-state index in [1.807, 2.05) is 48.0 Å². The molecular formula is C16H16N2O. The highest BCUT2D eigenvalue weighted by Crippen LogP contribution is 2.15. The fourth-order valence-corrected chi connectivity index (χ4v) is 2.47. The summed E-state index contributed by atoms with van der Waals surface area (Å²) in [5.41, 5.74) is 4.38. The van der Waals surface area contributed by atoms with Crippen molar-refractivity contribution in [1.82, 2.24) is 9.13 Å². The maximum Gasteiger partial charge on any atom is 0.329 e. The zero-order valence-electron chi connectivity index (χ0n) is 11.1. The zero-order valence-corrected chi connectivity index (χ0v) is 11.1. The van der Waals surface area contributed by atoms with Crippen LogP contribution in [0.25, 0.3) is 11.0 Å². The minimum absolute atomic E-state index is 0.0319. The first kappa shape index (κ1) is 11.8. The maximum absolute atomic E-state index is 12.3. The van der Waals surface area contributed by atoms with Gasteiger partial charge >= 0.3 is 5.69 Å². The minimum Gasteiger partial charge on any atom is -0.295 e. The van der Waals surface area contributed by atoms with Crippen molar-refractivity contribution in [2.24, 2.45) is 7.05 Å². The molecule has 0 saturated heterocycles. The van der Waals surface area contributed by atoms with Crippen LogP contribution in [0.2, 0.25) is 0 Å². The van der Waals surface area contributed by atoms with Gasteiger partial charge in [0.05, 0.1) is 17.6 Å². The normalized spacial score (nSPS) is 11.1. The van der Waals surface area contributed by atoms with Gasteiger partial charge in [0.1, 0.15) is 0 Å². The van der Waals surface area contributed by atoms with E-state index < -0.39 is 0 Å². The van der Waals surface area contributed by atoms with Crippen molar-refractivity contribution in [1.29, 1.82) is 0 Å². The number of nitrogens with zero attached hydrogens (tertiary/aromatic N) is 2. The smallest absolute Gasteiger partial charge is 0.295 e. The SMILES string of the molecule is Cc1ccccc1Cn1c(=O)n(C)c2ccccc21. The molecule has 3 aromatic rings. The van der Waals surface area contributed by atoms with E-state index >= 15 is 0 Å². The molecule has 0 radical (unpaired) electrons. The lowest BCUT2D eigenvalue weighted by Gasteiger charge is -2.06. The summed E-state index contributed by atoms with van der Waals surface area (Å²) < 4.78 is 3.53. The molecule has 19 heavy (non-hydrogen) atoms. The third kappa shape index (κ3) is 1.87. The Morgan fingerprint density at radius 1 is 0.947 bits per heavy atom. The Kier molecular flexibility index (Phi) is 2.75. The van der Waals surface area contributed by atoms with Gasteiger partial charge in [0.25, 0.3) is 0 Å². The van der Waals surface area contributed by atoms with Crippen LogP contribution in [0.5, 0.6) is 0 Å². The number of para-hydroxylation sites is 2. The molecule has 1 aromatic heterocycles. The number of rotatable bonds is 2. The average Bonchev–Trinajstić information content (AvgIpc) is 2.67. The van der Waals surface area contributed by atoms with Gasteiger partial charge in [0.15, 0.2) is 0 Å². The van der Waals surface area contributed by atoms with Gasteiger partial charge in [0, 0.05) is 7.05 Å². The molecule has 0 spiro atoms. The molecule has 0 atom stereocenters. The van der Waals surface area contributed by atoms with Crippen molar-refractivity contribution in [2.45, 2.75) is 13.5 Å². The largest absolute Gasteiger partial charge is 0.329 e. The number of fused-ring (bicyclic) bond motifs is 1. The summed E-state index contributed by atoms with van der Waals surface area (Å²) in [7, 11) is 1.82. The van der Waals surface area contributed by atoms with Crippen LogP contribution in [0.3, 0.4) is 0 Å². The van der Waals surface area contributed by atoms with Crippen LogP contribution in [0.4, 0.5) is 0 Å². The molecule has 0 aliphatic heterocycles. The summed E-state index contributed by atoms with van der Waals surface area (Å²) in [6.45, 7) is 2.69. The fraction of sp³-hybridized carbons (Fsp3) is 0.188. The Hall–Kier alpha value is -2.29. The molecule has 0 N–H and O–H groups in total. The third-order valence-corrected chi connectivity index (χ3v) is 3.64. The summed E-state index contributed by atoms with van der Waals surface area (Å²) in [4.78, 5) is 12.3. The molecule has 0 unspecified atom stereocenters. The van der Waals surface area contributed by atoms with Crippen LogP contribution >= 0.6 is 0 Å². The zero-order chi connectivity index (χ0) is 13.4. The lowest BCUT2D eigenvalue weighted by molar-refractivity contribution is 0.733. The van der Waals surface area contributed by atoms with E-state index in [2.05, 4.69) is 19.1 Å². The molecule has 0 amide bonds. The molecule has 0 aliphatic carbocycles. The first-order valence-corrected chi connectivity index (χ1v) is 6.37. The lowest BCUT2D eigenvalue weighted by atomic mass is 10.1. The standard InChI is InChI=1S/C16H16N2O/c1-12-7-3-4-8-13(12)11-18-15-10-6-5-9-14(15)17(2)16(18)19/h3-10H,11H2,1-2H3. The molecule has 3 heteroatoms. The van der Waals surface area contributed by atoms with E-state index in [9.17, 15) is 4.79 Å². The van der Waals surface area contributed by atoms with Gasteiger partial charge in [-0.05, 0) is 30.2 Å². The van der Waals surface area contributed by atoms with Crippen LogP contribution in [0.1, 0.15) is 11.1 Å². The second-order valence-electron chi connectivity index (χ2n) is 4.84. The van der Waals surface area contributed by atoms with Gasteiger partial charge < -0.3 is 0 Å². The van der Waals surface area contributed by atoms with E-state index in [1.165, 1.54) is 11.1 Å². The van der Waals surface area contributed by atoms with Crippen molar-refractivity contribution in [3.63, 3.8) is 0 Å². The molecule has 0 saturated carbocycles. The monoisotopic (exact) mass is 252 g/mol. The van der Waals surface area contributed by atoms with Gasteiger partial charge in [-0.15, -0.1) is 0 Å². The molecule has 3 rings (SSSR count). The topological polar surface area (TPSA) is 26.9 Å². The van der Waals surface area contributed by atoms with Crippen molar-refractivity contribution in [3.05, 3.63) is 70.1 Å². The Morgan fingerprint density at radius 2 is 1.58 bits per heavy atom. The van der Waals surface area contributed by atoms with Gasteiger partial charge in [-0.2, -0.15) is 0 Å². The van der Waals surface area contributed by atoms with Gasteiger partial charge in [-0.3, -0.25) is 9.13 Å². The van der Waals surface area contributed by atoms with Crippen LogP contribution in [0, 0.1) is 6.92 Å². The first-order chi connectivity index (χ1) is 9.18. The van der Waals surface area contributed by atoms with E-state index in [1.54, 1.807) is 4.57 Å². The predicted octanol–water partition coefficient (Wildman–Crippen LogP) is 2.70. The predicted molar refractivity (Wildman–Crippen MR) is 77.5 cm³/mol. The Morgan fingerprint density at radius 3 is 2.32 bits per heavy atom. The molecule has 0 bridgehead atoms. The molecule has 3 nitrogen and oxygen atoms in total. The summed E-state index contributed by atoms with van der Waals surface area (Å²) in [6, 6.07) is 16.1. The lowest BCUT2D eigenvalue weighted by Crippen LogP contribution is -2.22. The van der Waals surface area contributed by atoms with E-state index in [0.29, 0.717) is 6.54 Å². The maximum atomic E-state index is 12.3. The quantitative estimate of drug-likeness (QED) is 0.689. The van der Waals surface area contributed by atoms with Crippen LogP contribution in [0.15, 0.2) is 53.3 Å². The highest BCUT2D eigenvalue weighted by atomic mass is 16.1. The summed E-state index contributed by atoms with van der Waals surface area (Å²) in [6.07, 6.45) is 0. The number of aryl methyl sites for hydroxylation is 2. The highest BCUT2D eigenvalue weighted by molar-refractivity contribution is 5.76. The van der Waals surface area contributed by atoms with Gasteiger partial charge in [-0.25, -0.2) is 4.79 Å². The molecular weight excluding hydrogens is 236 g/mol. The first-order valence-electron chi connectivity index (χ1n) is 6.37. The van der Waals surface area contributed by atoms with E-state index in [0.717, 1.165) is 11.0 Å². The Balaban J connectivity index is 2.19. The van der Waals surface area contributed by atoms with Crippen molar-refractivity contribution >= 4 is 11.0 Å². The number of hydrogen-bond donors (Lipinski definition) is 0. The molecule has 0 fully saturated rings. The number of benzene rings is 2. The second-order valence-corrected chi connectivity index (χ2v) is 4.84. The number of aromatic nitrogens is 2. The Labute approximate surface area is 111 Å².